The minimum atomic E-state index is -0.281. The Hall–Kier alpha value is -2.27. The predicted molar refractivity (Wildman–Crippen MR) is 122 cm³/mol. The van der Waals surface area contributed by atoms with Crippen LogP contribution in [0.3, 0.4) is 0 Å². The van der Waals surface area contributed by atoms with Crippen LogP contribution in [0.15, 0.2) is 46.1 Å². The first-order chi connectivity index (χ1) is 13.7. The van der Waals surface area contributed by atoms with Gasteiger partial charge in [0.2, 0.25) is 0 Å². The number of fused-ring (bicyclic) bond motifs is 1. The monoisotopic (exact) mass is 454 g/mol. The van der Waals surface area contributed by atoms with Gasteiger partial charge in [0, 0.05) is 27.7 Å². The van der Waals surface area contributed by atoms with Gasteiger partial charge in [-0.05, 0) is 67.1 Å². The van der Waals surface area contributed by atoms with Gasteiger partial charge in [-0.1, -0.05) is 29.8 Å². The summed E-state index contributed by atoms with van der Waals surface area (Å²) in [4.78, 5) is 13.4. The zero-order chi connectivity index (χ0) is 20.9. The second kappa shape index (κ2) is 7.21. The number of carbonyl (C=O) groups excluding carboxylic acids is 1. The molecule has 2 aromatic rings. The first-order valence-electron chi connectivity index (χ1n) is 9.93. The van der Waals surface area contributed by atoms with Crippen molar-refractivity contribution >= 4 is 33.1 Å². The molecule has 0 bridgehead atoms. The minimum absolute atomic E-state index is 0.0704. The van der Waals surface area contributed by atoms with Crippen LogP contribution in [0.4, 0.5) is 11.4 Å². The van der Waals surface area contributed by atoms with E-state index in [0.29, 0.717) is 6.42 Å². The number of hydrogen-bond donors (Lipinski definition) is 2. The first-order valence-corrected chi connectivity index (χ1v) is 10.7. The average molecular weight is 455 g/mol. The number of carbonyl (C=O) groups is 1. The summed E-state index contributed by atoms with van der Waals surface area (Å²) in [5, 5.41) is 7.27. The molecular weight excluding hydrogens is 428 g/mol. The number of aryl methyl sites for hydroxylation is 2. The Bertz CT molecular complexity index is 1040. The number of hydrogen-bond acceptors (Lipinski definition) is 4. The maximum Gasteiger partial charge on any atom is 0.163 e. The Kier molecular flexibility index (Phi) is 4.97. The smallest absolute Gasteiger partial charge is 0.163 e. The van der Waals surface area contributed by atoms with Crippen LogP contribution >= 0.6 is 15.9 Å². The zero-order valence-corrected chi connectivity index (χ0v) is 19.2. The van der Waals surface area contributed by atoms with Crippen LogP contribution in [0.2, 0.25) is 0 Å². The number of Topliss-reactive ketones (excluding diaryl/α,β-unsaturated/α-hetero) is 1. The second-order valence-electron chi connectivity index (χ2n) is 8.90. The summed E-state index contributed by atoms with van der Waals surface area (Å²) in [5.74, 6) is 0.951. The van der Waals surface area contributed by atoms with Gasteiger partial charge >= 0.3 is 0 Å². The van der Waals surface area contributed by atoms with Gasteiger partial charge in [0.25, 0.3) is 0 Å². The van der Waals surface area contributed by atoms with Crippen molar-refractivity contribution in [3.63, 3.8) is 0 Å². The molecule has 0 radical (unpaired) electrons. The quantitative estimate of drug-likeness (QED) is 0.558. The van der Waals surface area contributed by atoms with Crippen LogP contribution in [0.25, 0.3) is 0 Å². The first kappa shape index (κ1) is 20.0. The number of ether oxygens (including phenoxy) is 1. The van der Waals surface area contributed by atoms with E-state index < -0.39 is 0 Å². The van der Waals surface area contributed by atoms with Crippen LogP contribution in [0.5, 0.6) is 5.75 Å². The third-order valence-corrected chi connectivity index (χ3v) is 6.42. The summed E-state index contributed by atoms with van der Waals surface area (Å²) in [7, 11) is 1.67. The number of allylic oxidation sites excluding steroid dienone is 1. The van der Waals surface area contributed by atoms with E-state index in [9.17, 15) is 4.79 Å². The molecular formula is C24H27BrN2O2. The Morgan fingerprint density at radius 3 is 2.45 bits per heavy atom. The summed E-state index contributed by atoms with van der Waals surface area (Å²) in [5.41, 5.74) is 7.15. The molecule has 1 atom stereocenters. The predicted octanol–water partition coefficient (Wildman–Crippen LogP) is 6.30. The zero-order valence-electron chi connectivity index (χ0n) is 17.6. The fourth-order valence-corrected chi connectivity index (χ4v) is 4.75. The van der Waals surface area contributed by atoms with Gasteiger partial charge < -0.3 is 15.4 Å². The molecule has 1 aliphatic carbocycles. The minimum Gasteiger partial charge on any atom is -0.496 e. The highest BCUT2D eigenvalue weighted by Gasteiger charge is 2.39. The Balaban J connectivity index is 1.95. The van der Waals surface area contributed by atoms with Gasteiger partial charge in [-0.2, -0.15) is 0 Å². The molecule has 1 aliphatic heterocycles. The summed E-state index contributed by atoms with van der Waals surface area (Å²) < 4.78 is 6.62. The molecule has 0 saturated carbocycles. The molecule has 4 nitrogen and oxygen atoms in total. The van der Waals surface area contributed by atoms with Gasteiger partial charge in [-0.15, -0.1) is 0 Å². The fraction of sp³-hybridized carbons (Fsp3) is 0.375. The van der Waals surface area contributed by atoms with E-state index in [4.69, 9.17) is 4.74 Å². The second-order valence-corrected chi connectivity index (χ2v) is 9.82. The highest BCUT2D eigenvalue weighted by Crippen LogP contribution is 2.47. The number of benzene rings is 2. The molecule has 5 heteroatoms. The SMILES string of the molecule is COc1ccc(Br)cc1[C@@H]1Nc2cc(C)c(C)cc2NC2=C1C(=O)CC(C)(C)C2. The van der Waals surface area contributed by atoms with Crippen LogP contribution in [-0.4, -0.2) is 12.9 Å². The van der Waals surface area contributed by atoms with Crippen molar-refractivity contribution < 1.29 is 9.53 Å². The lowest BCUT2D eigenvalue weighted by atomic mass is 9.73. The Morgan fingerprint density at radius 1 is 1.07 bits per heavy atom. The van der Waals surface area contributed by atoms with Crippen LogP contribution < -0.4 is 15.4 Å². The van der Waals surface area contributed by atoms with Gasteiger partial charge in [0.15, 0.2) is 5.78 Å². The van der Waals surface area contributed by atoms with Gasteiger partial charge in [-0.3, -0.25) is 4.79 Å². The lowest BCUT2D eigenvalue weighted by molar-refractivity contribution is -0.118. The molecule has 2 aromatic carbocycles. The molecule has 0 spiro atoms. The lowest BCUT2D eigenvalue weighted by Crippen LogP contribution is -2.31. The summed E-state index contributed by atoms with van der Waals surface area (Å²) >= 11 is 3.59. The summed E-state index contributed by atoms with van der Waals surface area (Å²) in [6.45, 7) is 8.54. The number of rotatable bonds is 2. The number of anilines is 2. The maximum absolute atomic E-state index is 13.4. The van der Waals surface area contributed by atoms with Crippen molar-refractivity contribution in [2.45, 2.75) is 46.6 Å². The summed E-state index contributed by atoms with van der Waals surface area (Å²) in [6.07, 6.45) is 1.37. The molecule has 0 fully saturated rings. The number of halogens is 1. The van der Waals surface area contributed by atoms with Crippen molar-refractivity contribution in [2.75, 3.05) is 17.7 Å². The van der Waals surface area contributed by atoms with Crippen molar-refractivity contribution in [3.8, 4) is 5.75 Å². The van der Waals surface area contributed by atoms with Crippen LogP contribution in [0, 0.1) is 19.3 Å². The lowest BCUT2D eigenvalue weighted by Gasteiger charge is -2.34. The van der Waals surface area contributed by atoms with Crippen LogP contribution in [-0.2, 0) is 4.79 Å². The van der Waals surface area contributed by atoms with Gasteiger partial charge in [-0.25, -0.2) is 0 Å². The molecule has 0 aromatic heterocycles. The molecule has 1 heterocycles. The van der Waals surface area contributed by atoms with Crippen LogP contribution in [0.1, 0.15) is 49.4 Å². The number of nitrogens with one attached hydrogen (secondary N) is 2. The third kappa shape index (κ3) is 3.68. The maximum atomic E-state index is 13.4. The Labute approximate surface area is 180 Å². The average Bonchev–Trinajstić information content (AvgIpc) is 2.77. The van der Waals surface area contributed by atoms with Gasteiger partial charge in [0.1, 0.15) is 5.75 Å². The van der Waals surface area contributed by atoms with E-state index in [0.717, 1.165) is 44.9 Å². The summed E-state index contributed by atoms with van der Waals surface area (Å²) in [6, 6.07) is 9.98. The molecule has 29 heavy (non-hydrogen) atoms. The third-order valence-electron chi connectivity index (χ3n) is 5.93. The fourth-order valence-electron chi connectivity index (χ4n) is 4.37. The van der Waals surface area contributed by atoms with Crippen molar-refractivity contribution in [2.24, 2.45) is 5.41 Å². The molecule has 0 saturated heterocycles. The van der Waals surface area contributed by atoms with E-state index in [1.807, 2.05) is 18.2 Å². The largest absolute Gasteiger partial charge is 0.496 e. The van der Waals surface area contributed by atoms with Crippen molar-refractivity contribution in [1.82, 2.24) is 0 Å². The molecule has 0 unspecified atom stereocenters. The van der Waals surface area contributed by atoms with E-state index in [-0.39, 0.29) is 17.2 Å². The van der Waals surface area contributed by atoms with E-state index in [2.05, 4.69) is 66.4 Å². The van der Waals surface area contributed by atoms with Crippen molar-refractivity contribution in [1.29, 1.82) is 0 Å². The molecule has 152 valence electrons. The highest BCUT2D eigenvalue weighted by atomic mass is 79.9. The molecule has 2 N–H and O–H groups in total. The van der Waals surface area contributed by atoms with E-state index >= 15 is 0 Å². The van der Waals surface area contributed by atoms with Gasteiger partial charge in [0.05, 0.1) is 24.5 Å². The number of ketones is 1. The molecule has 4 rings (SSSR count). The number of methoxy groups -OCH3 is 1. The van der Waals surface area contributed by atoms with E-state index in [1.165, 1.54) is 11.1 Å². The topological polar surface area (TPSA) is 50.4 Å². The van der Waals surface area contributed by atoms with Crippen molar-refractivity contribution in [3.05, 3.63) is 62.8 Å². The Morgan fingerprint density at radius 2 is 1.76 bits per heavy atom. The molecule has 0 amide bonds. The molecule has 2 aliphatic rings. The normalized spacial score (nSPS) is 20.2. The highest BCUT2D eigenvalue weighted by molar-refractivity contribution is 9.10. The van der Waals surface area contributed by atoms with E-state index in [1.54, 1.807) is 7.11 Å². The standard InChI is InChI=1S/C24H27BrN2O2/c1-13-8-17-18(9-14(13)2)27-23(16-10-15(25)6-7-21(16)29-5)22-19(26-17)11-24(3,4)12-20(22)28/h6-10,23,26-27H,11-12H2,1-5H3/t23-/m0/s1.